The summed E-state index contributed by atoms with van der Waals surface area (Å²) in [7, 11) is 0. The molecule has 6 heteroatoms. The molecule has 29 heavy (non-hydrogen) atoms. The Bertz CT molecular complexity index is 919. The Hall–Kier alpha value is -3.15. The highest BCUT2D eigenvalue weighted by Gasteiger charge is 2.30. The summed E-state index contributed by atoms with van der Waals surface area (Å²) in [6.45, 7) is 3.76. The van der Waals surface area contributed by atoms with Gasteiger partial charge >= 0.3 is 5.97 Å². The van der Waals surface area contributed by atoms with Crippen molar-refractivity contribution in [2.45, 2.75) is 39.5 Å². The fraction of sp³-hybridized carbons (Fsp3) is 0.348. The Morgan fingerprint density at radius 3 is 2.45 bits per heavy atom. The number of nitrogens with one attached hydrogen (secondary N) is 1. The lowest BCUT2D eigenvalue weighted by Crippen LogP contribution is -2.36. The fourth-order valence-electron chi connectivity index (χ4n) is 3.45. The number of fused-ring (bicyclic) bond motifs is 1. The Kier molecular flexibility index (Phi) is 6.01. The number of amides is 2. The lowest BCUT2D eigenvalue weighted by molar-refractivity contribution is -0.149. The Balaban J connectivity index is 1.61. The maximum absolute atomic E-state index is 12.8. The van der Waals surface area contributed by atoms with E-state index in [9.17, 15) is 14.4 Å². The number of carbonyl (C=O) groups is 3. The SMILES string of the molecule is CC(C)(CC(=O)Nc1ccc(CC(=O)N2CCCc3ccccc32)cc1)C(=O)O. The minimum atomic E-state index is -1.12. The first kappa shape index (κ1) is 20.6. The monoisotopic (exact) mass is 394 g/mol. The van der Waals surface area contributed by atoms with Crippen LogP contribution in [0.3, 0.4) is 0 Å². The van der Waals surface area contributed by atoms with Crippen molar-refractivity contribution in [3.63, 3.8) is 0 Å². The van der Waals surface area contributed by atoms with Gasteiger partial charge in [0.1, 0.15) is 0 Å². The van der Waals surface area contributed by atoms with Crippen LogP contribution in [-0.2, 0) is 27.2 Å². The number of aliphatic carboxylic acids is 1. The lowest BCUT2D eigenvalue weighted by atomic mass is 9.89. The number of benzene rings is 2. The molecule has 0 aliphatic carbocycles. The Morgan fingerprint density at radius 2 is 1.76 bits per heavy atom. The van der Waals surface area contributed by atoms with Crippen LogP contribution in [0.25, 0.3) is 0 Å². The number of rotatable bonds is 6. The summed E-state index contributed by atoms with van der Waals surface area (Å²) in [6.07, 6.45) is 2.12. The maximum Gasteiger partial charge on any atom is 0.309 e. The van der Waals surface area contributed by atoms with Crippen molar-refractivity contribution in [3.8, 4) is 0 Å². The summed E-state index contributed by atoms with van der Waals surface area (Å²) >= 11 is 0. The van der Waals surface area contributed by atoms with Crippen molar-refractivity contribution in [2.24, 2.45) is 5.41 Å². The first-order chi connectivity index (χ1) is 13.8. The van der Waals surface area contributed by atoms with E-state index in [-0.39, 0.29) is 24.7 Å². The minimum absolute atomic E-state index is 0.0529. The Labute approximate surface area is 170 Å². The van der Waals surface area contributed by atoms with Crippen molar-refractivity contribution in [1.29, 1.82) is 0 Å². The molecule has 2 aromatic carbocycles. The summed E-state index contributed by atoms with van der Waals surface area (Å²) in [6, 6.07) is 15.1. The van der Waals surface area contributed by atoms with Gasteiger partial charge in [0.2, 0.25) is 11.8 Å². The summed E-state index contributed by atoms with van der Waals surface area (Å²) in [5, 5.41) is 11.8. The number of carbonyl (C=O) groups excluding carboxylic acids is 2. The molecule has 3 rings (SSSR count). The largest absolute Gasteiger partial charge is 0.481 e. The molecule has 2 aromatic rings. The second-order valence-electron chi connectivity index (χ2n) is 8.07. The number of hydrogen-bond donors (Lipinski definition) is 2. The summed E-state index contributed by atoms with van der Waals surface area (Å²) in [5.74, 6) is -1.32. The number of carboxylic acid groups (broad SMARTS) is 1. The molecule has 152 valence electrons. The van der Waals surface area contributed by atoms with Crippen LogP contribution in [0.15, 0.2) is 48.5 Å². The molecule has 0 fully saturated rings. The highest BCUT2D eigenvalue weighted by atomic mass is 16.4. The van der Waals surface area contributed by atoms with Crippen LogP contribution in [0, 0.1) is 5.41 Å². The first-order valence-electron chi connectivity index (χ1n) is 9.77. The number of nitrogens with zero attached hydrogens (tertiary/aromatic N) is 1. The van der Waals surface area contributed by atoms with Gasteiger partial charge in [-0.15, -0.1) is 0 Å². The summed E-state index contributed by atoms with van der Waals surface area (Å²) < 4.78 is 0. The van der Waals surface area contributed by atoms with Gasteiger partial charge in [0.25, 0.3) is 0 Å². The van der Waals surface area contributed by atoms with Gasteiger partial charge in [-0.2, -0.15) is 0 Å². The molecule has 0 spiro atoms. The molecule has 6 nitrogen and oxygen atoms in total. The van der Waals surface area contributed by atoms with Gasteiger partial charge in [0.05, 0.1) is 11.8 Å². The van der Waals surface area contributed by atoms with Gasteiger partial charge < -0.3 is 15.3 Å². The quantitative estimate of drug-likeness (QED) is 0.783. The molecule has 0 saturated heterocycles. The third kappa shape index (κ3) is 5.02. The number of hydrogen-bond acceptors (Lipinski definition) is 3. The van der Waals surface area contributed by atoms with Crippen LogP contribution in [-0.4, -0.2) is 29.4 Å². The van der Waals surface area contributed by atoms with Gasteiger partial charge in [-0.3, -0.25) is 14.4 Å². The topological polar surface area (TPSA) is 86.7 Å². The third-order valence-corrected chi connectivity index (χ3v) is 5.19. The second kappa shape index (κ2) is 8.47. The molecule has 0 atom stereocenters. The Morgan fingerprint density at radius 1 is 1.07 bits per heavy atom. The molecule has 0 radical (unpaired) electrons. The van der Waals surface area contributed by atoms with E-state index in [0.29, 0.717) is 5.69 Å². The van der Waals surface area contributed by atoms with Crippen LogP contribution in [0.5, 0.6) is 0 Å². The van der Waals surface area contributed by atoms with Crippen LogP contribution < -0.4 is 10.2 Å². The maximum atomic E-state index is 12.8. The van der Waals surface area contributed by atoms with Gasteiger partial charge in [-0.05, 0) is 56.0 Å². The number of anilines is 2. The molecule has 0 saturated carbocycles. The highest BCUT2D eigenvalue weighted by Crippen LogP contribution is 2.27. The van der Waals surface area contributed by atoms with E-state index in [0.717, 1.165) is 30.6 Å². The van der Waals surface area contributed by atoms with Crippen molar-refractivity contribution >= 4 is 29.2 Å². The lowest BCUT2D eigenvalue weighted by Gasteiger charge is -2.29. The molecule has 0 bridgehead atoms. The molecule has 1 heterocycles. The number of carboxylic acids is 1. The molecular formula is C23H26N2O4. The molecule has 0 unspecified atom stereocenters. The highest BCUT2D eigenvalue weighted by molar-refractivity contribution is 5.96. The normalized spacial score (nSPS) is 13.5. The molecule has 0 aromatic heterocycles. The first-order valence-corrected chi connectivity index (χ1v) is 9.77. The zero-order chi connectivity index (χ0) is 21.0. The summed E-state index contributed by atoms with van der Waals surface area (Å²) in [4.78, 5) is 37.9. The van der Waals surface area contributed by atoms with Crippen molar-refractivity contribution in [1.82, 2.24) is 0 Å². The van der Waals surface area contributed by atoms with E-state index in [2.05, 4.69) is 11.4 Å². The second-order valence-corrected chi connectivity index (χ2v) is 8.07. The van der Waals surface area contributed by atoms with Gasteiger partial charge in [0, 0.05) is 24.3 Å². The average molecular weight is 394 g/mol. The molecule has 1 aliphatic rings. The van der Waals surface area contributed by atoms with E-state index in [1.165, 1.54) is 19.4 Å². The van der Waals surface area contributed by atoms with Crippen LogP contribution >= 0.6 is 0 Å². The zero-order valence-corrected chi connectivity index (χ0v) is 16.8. The smallest absolute Gasteiger partial charge is 0.309 e. The van der Waals surface area contributed by atoms with Crippen LogP contribution in [0.1, 0.15) is 37.8 Å². The number of para-hydroxylation sites is 1. The standard InChI is InChI=1S/C23H26N2O4/c1-23(2,22(28)29)15-20(26)24-18-11-9-16(10-12-18)14-21(27)25-13-5-7-17-6-3-4-8-19(17)25/h3-4,6,8-12H,5,7,13-15H2,1-2H3,(H,24,26)(H,28,29). The van der Waals surface area contributed by atoms with Gasteiger partial charge in [-0.1, -0.05) is 30.3 Å². The zero-order valence-electron chi connectivity index (χ0n) is 16.8. The molecule has 2 N–H and O–H groups in total. The predicted molar refractivity (Wildman–Crippen MR) is 112 cm³/mol. The number of aryl methyl sites for hydroxylation is 1. The molecule has 1 aliphatic heterocycles. The summed E-state index contributed by atoms with van der Waals surface area (Å²) in [5.41, 5.74) is 2.52. The van der Waals surface area contributed by atoms with Crippen molar-refractivity contribution in [2.75, 3.05) is 16.8 Å². The van der Waals surface area contributed by atoms with E-state index in [1.807, 2.05) is 35.2 Å². The van der Waals surface area contributed by atoms with E-state index in [4.69, 9.17) is 5.11 Å². The third-order valence-electron chi connectivity index (χ3n) is 5.19. The fourth-order valence-corrected chi connectivity index (χ4v) is 3.45. The molecule has 2 amide bonds. The van der Waals surface area contributed by atoms with Crippen molar-refractivity contribution in [3.05, 3.63) is 59.7 Å². The van der Waals surface area contributed by atoms with E-state index < -0.39 is 11.4 Å². The van der Waals surface area contributed by atoms with E-state index in [1.54, 1.807) is 12.1 Å². The van der Waals surface area contributed by atoms with Crippen molar-refractivity contribution < 1.29 is 19.5 Å². The van der Waals surface area contributed by atoms with Gasteiger partial charge in [0.15, 0.2) is 0 Å². The van der Waals surface area contributed by atoms with Crippen LogP contribution in [0.2, 0.25) is 0 Å². The van der Waals surface area contributed by atoms with Gasteiger partial charge in [-0.25, -0.2) is 0 Å². The molecular weight excluding hydrogens is 368 g/mol. The van der Waals surface area contributed by atoms with Crippen LogP contribution in [0.4, 0.5) is 11.4 Å². The minimum Gasteiger partial charge on any atom is -0.481 e. The average Bonchev–Trinajstić information content (AvgIpc) is 2.68. The predicted octanol–water partition coefficient (Wildman–Crippen LogP) is 3.65. The van der Waals surface area contributed by atoms with E-state index >= 15 is 0 Å².